The van der Waals surface area contributed by atoms with E-state index in [0.29, 0.717) is 4.47 Å². The van der Waals surface area contributed by atoms with Gasteiger partial charge in [0.25, 0.3) is 0 Å². The predicted molar refractivity (Wildman–Crippen MR) is 75.9 cm³/mol. The van der Waals surface area contributed by atoms with E-state index in [0.717, 1.165) is 6.07 Å². The van der Waals surface area contributed by atoms with E-state index in [1.165, 1.54) is 30.3 Å². The molecule has 0 aliphatic heterocycles. The summed E-state index contributed by atoms with van der Waals surface area (Å²) in [5, 5.41) is 0. The van der Waals surface area contributed by atoms with Gasteiger partial charge in [-0.05, 0) is 24.3 Å². The zero-order chi connectivity index (χ0) is 15.4. The summed E-state index contributed by atoms with van der Waals surface area (Å²) in [7, 11) is 0. The summed E-state index contributed by atoms with van der Waals surface area (Å²) >= 11 is 3.21. The lowest BCUT2D eigenvalue weighted by molar-refractivity contribution is -0.0498. The molecule has 0 saturated carbocycles. The van der Waals surface area contributed by atoms with E-state index in [2.05, 4.69) is 20.7 Å². The lowest BCUT2D eigenvalue weighted by atomic mass is 10.0. The smallest absolute Gasteiger partial charge is 0.387 e. The van der Waals surface area contributed by atoms with Gasteiger partial charge in [0.1, 0.15) is 5.75 Å². The second-order valence-corrected chi connectivity index (χ2v) is 4.99. The molecule has 0 fully saturated rings. The summed E-state index contributed by atoms with van der Waals surface area (Å²) in [6, 6.07) is 11.5. The third-order valence-electron chi connectivity index (χ3n) is 2.61. The molecule has 0 saturated heterocycles. The molecule has 0 amide bonds. The molecule has 2 aromatic rings. The van der Waals surface area contributed by atoms with Gasteiger partial charge in [0.2, 0.25) is 11.6 Å². The number of ketones is 2. The maximum absolute atomic E-state index is 12.1. The van der Waals surface area contributed by atoms with Crippen molar-refractivity contribution >= 4 is 27.5 Å². The van der Waals surface area contributed by atoms with E-state index < -0.39 is 18.2 Å². The number of benzene rings is 2. The third-order valence-corrected chi connectivity index (χ3v) is 3.11. The van der Waals surface area contributed by atoms with Crippen LogP contribution in [0.3, 0.4) is 0 Å². The van der Waals surface area contributed by atoms with Crippen molar-refractivity contribution < 1.29 is 23.1 Å². The van der Waals surface area contributed by atoms with Gasteiger partial charge in [0, 0.05) is 15.6 Å². The number of alkyl halides is 2. The number of Topliss-reactive ketones (excluding diaryl/α,β-unsaturated/α-hetero) is 2. The van der Waals surface area contributed by atoms with E-state index in [1.807, 2.05) is 0 Å². The molecule has 0 unspecified atom stereocenters. The molecule has 0 spiro atoms. The number of carbonyl (C=O) groups is 2. The Bertz CT molecular complexity index is 686. The molecule has 6 heteroatoms. The minimum Gasteiger partial charge on any atom is -0.435 e. The van der Waals surface area contributed by atoms with Crippen molar-refractivity contribution in [1.29, 1.82) is 0 Å². The summed E-state index contributed by atoms with van der Waals surface area (Å²) in [6.07, 6.45) is 0. The number of hydrogen-bond acceptors (Lipinski definition) is 3. The molecule has 0 aliphatic carbocycles. The molecule has 2 aromatic carbocycles. The number of ether oxygens (including phenoxy) is 1. The van der Waals surface area contributed by atoms with Crippen LogP contribution in [0, 0.1) is 0 Å². The fraction of sp³-hybridized carbons (Fsp3) is 0.0667. The summed E-state index contributed by atoms with van der Waals surface area (Å²) in [5.41, 5.74) is 0.215. The third kappa shape index (κ3) is 3.95. The maximum Gasteiger partial charge on any atom is 0.387 e. The highest BCUT2D eigenvalue weighted by Crippen LogP contribution is 2.18. The Kier molecular flexibility index (Phi) is 4.80. The molecule has 108 valence electrons. The zero-order valence-electron chi connectivity index (χ0n) is 10.6. The van der Waals surface area contributed by atoms with E-state index in [-0.39, 0.29) is 16.9 Å². The molecule has 3 nitrogen and oxygen atoms in total. The van der Waals surface area contributed by atoms with Crippen LogP contribution in [0.15, 0.2) is 53.0 Å². The summed E-state index contributed by atoms with van der Waals surface area (Å²) in [4.78, 5) is 24.2. The topological polar surface area (TPSA) is 43.4 Å². The highest BCUT2D eigenvalue weighted by molar-refractivity contribution is 9.10. The quantitative estimate of drug-likeness (QED) is 0.599. The van der Waals surface area contributed by atoms with E-state index in [9.17, 15) is 18.4 Å². The molecular formula is C15H9BrF2O3. The van der Waals surface area contributed by atoms with Crippen LogP contribution in [0.25, 0.3) is 0 Å². The van der Waals surface area contributed by atoms with Crippen molar-refractivity contribution in [2.24, 2.45) is 0 Å². The van der Waals surface area contributed by atoms with Gasteiger partial charge in [-0.2, -0.15) is 8.78 Å². The van der Waals surface area contributed by atoms with Crippen molar-refractivity contribution in [2.75, 3.05) is 0 Å². The number of carbonyl (C=O) groups excluding carboxylic acids is 2. The molecule has 2 rings (SSSR count). The molecule has 21 heavy (non-hydrogen) atoms. The predicted octanol–water partition coefficient (Wildman–Crippen LogP) is 4.12. The highest BCUT2D eigenvalue weighted by Gasteiger charge is 2.19. The first-order chi connectivity index (χ1) is 9.97. The molecule has 0 heterocycles. The Morgan fingerprint density at radius 1 is 0.952 bits per heavy atom. The average Bonchev–Trinajstić information content (AvgIpc) is 2.45. The summed E-state index contributed by atoms with van der Waals surface area (Å²) < 4.78 is 29.2. The van der Waals surface area contributed by atoms with Crippen LogP contribution in [-0.4, -0.2) is 18.2 Å². The summed E-state index contributed by atoms with van der Waals surface area (Å²) in [5.74, 6) is -1.67. The fourth-order valence-corrected chi connectivity index (χ4v) is 2.10. The minimum absolute atomic E-state index is 0.00174. The molecule has 0 N–H and O–H groups in total. The second kappa shape index (κ2) is 6.58. The van der Waals surface area contributed by atoms with Crippen LogP contribution in [-0.2, 0) is 0 Å². The van der Waals surface area contributed by atoms with Crippen LogP contribution in [0.1, 0.15) is 20.7 Å². The molecule has 0 bridgehead atoms. The van der Waals surface area contributed by atoms with Crippen molar-refractivity contribution in [3.8, 4) is 5.75 Å². The van der Waals surface area contributed by atoms with Gasteiger partial charge in [0.05, 0.1) is 0 Å². The first-order valence-corrected chi connectivity index (χ1v) is 6.66. The molecule has 0 radical (unpaired) electrons. The molecule has 0 aliphatic rings. The first kappa shape index (κ1) is 15.3. The Morgan fingerprint density at radius 3 is 2.10 bits per heavy atom. The van der Waals surface area contributed by atoms with E-state index >= 15 is 0 Å². The largest absolute Gasteiger partial charge is 0.435 e. The van der Waals surface area contributed by atoms with Gasteiger partial charge in [0.15, 0.2) is 0 Å². The van der Waals surface area contributed by atoms with Gasteiger partial charge in [-0.25, -0.2) is 0 Å². The Labute approximate surface area is 127 Å². The minimum atomic E-state index is -2.99. The second-order valence-electron chi connectivity index (χ2n) is 4.07. The van der Waals surface area contributed by atoms with Crippen LogP contribution >= 0.6 is 15.9 Å². The van der Waals surface area contributed by atoms with E-state index in [4.69, 9.17) is 0 Å². The normalized spacial score (nSPS) is 10.5. The number of rotatable bonds is 5. The fourth-order valence-electron chi connectivity index (χ4n) is 1.71. The standard InChI is InChI=1S/C15H9BrF2O3/c16-11-5-1-3-9(7-11)13(19)14(20)10-4-2-6-12(8-10)21-15(17)18/h1-8,15H. The van der Waals surface area contributed by atoms with Gasteiger partial charge in [-0.1, -0.05) is 40.2 Å². The average molecular weight is 355 g/mol. The summed E-state index contributed by atoms with van der Waals surface area (Å²) in [6.45, 7) is -2.99. The monoisotopic (exact) mass is 354 g/mol. The molecule has 0 aromatic heterocycles. The van der Waals surface area contributed by atoms with Gasteiger partial charge >= 0.3 is 6.61 Å². The number of hydrogen-bond donors (Lipinski definition) is 0. The maximum atomic E-state index is 12.1. The van der Waals surface area contributed by atoms with Gasteiger partial charge in [-0.3, -0.25) is 9.59 Å². The van der Waals surface area contributed by atoms with Crippen molar-refractivity contribution in [3.05, 3.63) is 64.1 Å². The molecular weight excluding hydrogens is 346 g/mol. The lowest BCUT2D eigenvalue weighted by Crippen LogP contribution is -2.14. The van der Waals surface area contributed by atoms with Gasteiger partial charge < -0.3 is 4.74 Å². The van der Waals surface area contributed by atoms with E-state index in [1.54, 1.807) is 12.1 Å². The Balaban J connectivity index is 2.25. The first-order valence-electron chi connectivity index (χ1n) is 5.87. The van der Waals surface area contributed by atoms with Crippen LogP contribution in [0.4, 0.5) is 8.78 Å². The van der Waals surface area contributed by atoms with Crippen molar-refractivity contribution in [3.63, 3.8) is 0 Å². The number of halogens is 3. The van der Waals surface area contributed by atoms with Crippen molar-refractivity contribution in [1.82, 2.24) is 0 Å². The van der Waals surface area contributed by atoms with Crippen molar-refractivity contribution in [2.45, 2.75) is 6.61 Å². The molecule has 0 atom stereocenters. The van der Waals surface area contributed by atoms with Crippen LogP contribution in [0.5, 0.6) is 5.75 Å². The van der Waals surface area contributed by atoms with Crippen LogP contribution in [0.2, 0.25) is 0 Å². The SMILES string of the molecule is O=C(C(=O)c1cccc(OC(F)F)c1)c1cccc(Br)c1. The lowest BCUT2D eigenvalue weighted by Gasteiger charge is -2.06. The Hall–Kier alpha value is -2.08. The Morgan fingerprint density at radius 2 is 1.52 bits per heavy atom. The highest BCUT2D eigenvalue weighted by atomic mass is 79.9. The van der Waals surface area contributed by atoms with Gasteiger partial charge in [-0.15, -0.1) is 0 Å². The zero-order valence-corrected chi connectivity index (χ0v) is 12.1. The van der Waals surface area contributed by atoms with Crippen LogP contribution < -0.4 is 4.74 Å².